The van der Waals surface area contributed by atoms with Gasteiger partial charge in [-0.05, 0) is 44.5 Å². The summed E-state index contributed by atoms with van der Waals surface area (Å²) in [5, 5.41) is 2.78. The van der Waals surface area contributed by atoms with Gasteiger partial charge in [-0.25, -0.2) is 4.79 Å². The zero-order valence-corrected chi connectivity index (χ0v) is 15.4. The van der Waals surface area contributed by atoms with Gasteiger partial charge in [-0.15, -0.1) is 0 Å². The molecule has 0 aromatic heterocycles. The number of nitrogens with one attached hydrogen (secondary N) is 1. The molecule has 26 heavy (non-hydrogen) atoms. The van der Waals surface area contributed by atoms with Gasteiger partial charge in [0, 0.05) is 12.0 Å². The second-order valence-electron chi connectivity index (χ2n) is 6.16. The van der Waals surface area contributed by atoms with Crippen LogP contribution in [-0.4, -0.2) is 30.6 Å². The monoisotopic (exact) mass is 355 g/mol. The predicted octanol–water partition coefficient (Wildman–Crippen LogP) is 3.38. The van der Waals surface area contributed by atoms with E-state index in [1.165, 1.54) is 0 Å². The van der Waals surface area contributed by atoms with E-state index in [9.17, 15) is 9.59 Å². The highest BCUT2D eigenvalue weighted by molar-refractivity contribution is 5.97. The fraction of sp³-hybridized carbons (Fsp3) is 0.333. The number of carbonyl (C=O) groups is 2. The van der Waals surface area contributed by atoms with E-state index in [4.69, 9.17) is 9.47 Å². The Bertz CT molecular complexity index is 728. The summed E-state index contributed by atoms with van der Waals surface area (Å²) in [6, 6.07) is 15.7. The standard InChI is InChI=1S/C21H25NO4/c1-4-25-21(24)19(13-16-9-6-5-7-10-16)22-20(23)17-11-8-12-18(14-17)26-15(2)3/h5-12,14-15,19H,4,13H2,1-3H3,(H,22,23). The minimum absolute atomic E-state index is 0.0127. The van der Waals surface area contributed by atoms with Crippen molar-refractivity contribution in [3.8, 4) is 5.75 Å². The Labute approximate surface area is 154 Å². The number of rotatable bonds is 8. The van der Waals surface area contributed by atoms with E-state index in [-0.39, 0.29) is 18.6 Å². The molecule has 5 heteroatoms. The van der Waals surface area contributed by atoms with Crippen molar-refractivity contribution in [1.82, 2.24) is 5.32 Å². The smallest absolute Gasteiger partial charge is 0.328 e. The summed E-state index contributed by atoms with van der Waals surface area (Å²) in [6.45, 7) is 5.84. The Morgan fingerprint density at radius 3 is 2.42 bits per heavy atom. The van der Waals surface area contributed by atoms with E-state index in [0.29, 0.717) is 17.7 Å². The first-order chi connectivity index (χ1) is 12.5. The molecule has 0 saturated carbocycles. The molecule has 0 radical (unpaired) electrons. The average Bonchev–Trinajstić information content (AvgIpc) is 2.62. The Kier molecular flexibility index (Phi) is 7.21. The van der Waals surface area contributed by atoms with Crippen molar-refractivity contribution < 1.29 is 19.1 Å². The molecule has 0 aliphatic rings. The first-order valence-corrected chi connectivity index (χ1v) is 8.77. The summed E-state index contributed by atoms with van der Waals surface area (Å²) < 4.78 is 10.7. The third-order valence-electron chi connectivity index (χ3n) is 3.63. The zero-order valence-electron chi connectivity index (χ0n) is 15.4. The highest BCUT2D eigenvalue weighted by atomic mass is 16.5. The molecule has 0 heterocycles. The maximum atomic E-state index is 12.6. The molecule has 1 N–H and O–H groups in total. The van der Waals surface area contributed by atoms with Gasteiger partial charge in [0.1, 0.15) is 11.8 Å². The van der Waals surface area contributed by atoms with Crippen LogP contribution in [0.1, 0.15) is 36.7 Å². The van der Waals surface area contributed by atoms with Crippen LogP contribution in [0.4, 0.5) is 0 Å². The van der Waals surface area contributed by atoms with Crippen LogP contribution >= 0.6 is 0 Å². The molecule has 0 spiro atoms. The van der Waals surface area contributed by atoms with Crippen LogP contribution < -0.4 is 10.1 Å². The lowest BCUT2D eigenvalue weighted by Crippen LogP contribution is -2.43. The van der Waals surface area contributed by atoms with Crippen molar-refractivity contribution in [1.29, 1.82) is 0 Å². The van der Waals surface area contributed by atoms with Gasteiger partial charge in [-0.1, -0.05) is 36.4 Å². The number of benzene rings is 2. The van der Waals surface area contributed by atoms with E-state index in [1.807, 2.05) is 44.2 Å². The number of amides is 1. The molecule has 0 bridgehead atoms. The summed E-state index contributed by atoms with van der Waals surface area (Å²) in [5.41, 5.74) is 1.38. The van der Waals surface area contributed by atoms with Gasteiger partial charge in [-0.3, -0.25) is 4.79 Å². The Balaban J connectivity index is 2.13. The van der Waals surface area contributed by atoms with Gasteiger partial charge in [0.25, 0.3) is 5.91 Å². The van der Waals surface area contributed by atoms with Crippen LogP contribution in [0.2, 0.25) is 0 Å². The maximum absolute atomic E-state index is 12.6. The van der Waals surface area contributed by atoms with Crippen LogP contribution in [0.25, 0.3) is 0 Å². The van der Waals surface area contributed by atoms with Gasteiger partial charge in [0.15, 0.2) is 0 Å². The van der Waals surface area contributed by atoms with Crippen LogP contribution in [0.15, 0.2) is 54.6 Å². The van der Waals surface area contributed by atoms with Crippen molar-refractivity contribution in [2.75, 3.05) is 6.61 Å². The SMILES string of the molecule is CCOC(=O)C(Cc1ccccc1)NC(=O)c1cccc(OC(C)C)c1. The molecule has 0 aliphatic heterocycles. The summed E-state index contributed by atoms with van der Waals surface area (Å²) >= 11 is 0. The van der Waals surface area contributed by atoms with Gasteiger partial charge in [-0.2, -0.15) is 0 Å². The molecule has 2 rings (SSSR count). The quantitative estimate of drug-likeness (QED) is 0.737. The van der Waals surface area contributed by atoms with Crippen LogP contribution in [0.3, 0.4) is 0 Å². The second kappa shape index (κ2) is 9.61. The molecule has 1 amide bonds. The molecule has 138 valence electrons. The van der Waals surface area contributed by atoms with Crippen molar-refractivity contribution in [2.24, 2.45) is 0 Å². The van der Waals surface area contributed by atoms with E-state index in [0.717, 1.165) is 5.56 Å². The molecule has 0 aliphatic carbocycles. The van der Waals surface area contributed by atoms with Gasteiger partial charge in [0.05, 0.1) is 12.7 Å². The maximum Gasteiger partial charge on any atom is 0.328 e. The van der Waals surface area contributed by atoms with E-state index in [2.05, 4.69) is 5.32 Å². The normalized spacial score (nSPS) is 11.7. The average molecular weight is 355 g/mol. The molecule has 5 nitrogen and oxygen atoms in total. The third-order valence-corrected chi connectivity index (χ3v) is 3.63. The highest BCUT2D eigenvalue weighted by Gasteiger charge is 2.23. The molecule has 1 unspecified atom stereocenters. The minimum Gasteiger partial charge on any atom is -0.491 e. The topological polar surface area (TPSA) is 64.6 Å². The summed E-state index contributed by atoms with van der Waals surface area (Å²) in [4.78, 5) is 24.9. The fourth-order valence-electron chi connectivity index (χ4n) is 2.51. The molecular weight excluding hydrogens is 330 g/mol. The molecule has 2 aromatic rings. The first kappa shape index (κ1) is 19.5. The largest absolute Gasteiger partial charge is 0.491 e. The van der Waals surface area contributed by atoms with E-state index in [1.54, 1.807) is 31.2 Å². The van der Waals surface area contributed by atoms with Crippen LogP contribution in [-0.2, 0) is 16.0 Å². The third kappa shape index (κ3) is 5.92. The van der Waals surface area contributed by atoms with Crippen molar-refractivity contribution in [3.63, 3.8) is 0 Å². The number of esters is 1. The minimum atomic E-state index is -0.750. The van der Waals surface area contributed by atoms with Crippen LogP contribution in [0.5, 0.6) is 5.75 Å². The van der Waals surface area contributed by atoms with Gasteiger partial charge >= 0.3 is 5.97 Å². The number of ether oxygens (including phenoxy) is 2. The van der Waals surface area contributed by atoms with Crippen molar-refractivity contribution >= 4 is 11.9 Å². The second-order valence-corrected chi connectivity index (χ2v) is 6.16. The summed E-state index contributed by atoms with van der Waals surface area (Å²) in [6.07, 6.45) is 0.381. The number of hydrogen-bond acceptors (Lipinski definition) is 4. The summed E-state index contributed by atoms with van der Waals surface area (Å²) in [7, 11) is 0. The fourth-order valence-corrected chi connectivity index (χ4v) is 2.51. The summed E-state index contributed by atoms with van der Waals surface area (Å²) in [5.74, 6) is -0.170. The Hall–Kier alpha value is -2.82. The van der Waals surface area contributed by atoms with Crippen molar-refractivity contribution in [3.05, 3.63) is 65.7 Å². The lowest BCUT2D eigenvalue weighted by molar-refractivity contribution is -0.145. The molecular formula is C21H25NO4. The van der Waals surface area contributed by atoms with E-state index >= 15 is 0 Å². The molecule has 0 saturated heterocycles. The van der Waals surface area contributed by atoms with Crippen molar-refractivity contribution in [2.45, 2.75) is 39.3 Å². The zero-order chi connectivity index (χ0) is 18.9. The first-order valence-electron chi connectivity index (χ1n) is 8.77. The lowest BCUT2D eigenvalue weighted by Gasteiger charge is -2.18. The predicted molar refractivity (Wildman–Crippen MR) is 100 cm³/mol. The molecule has 0 fully saturated rings. The number of carbonyl (C=O) groups excluding carboxylic acids is 2. The van der Waals surface area contributed by atoms with Gasteiger partial charge in [0.2, 0.25) is 0 Å². The van der Waals surface area contributed by atoms with E-state index < -0.39 is 12.0 Å². The van der Waals surface area contributed by atoms with Crippen LogP contribution in [0, 0.1) is 0 Å². The highest BCUT2D eigenvalue weighted by Crippen LogP contribution is 2.15. The van der Waals surface area contributed by atoms with Gasteiger partial charge < -0.3 is 14.8 Å². The molecule has 2 aromatic carbocycles. The molecule has 1 atom stereocenters. The Morgan fingerprint density at radius 2 is 1.77 bits per heavy atom. The number of hydrogen-bond donors (Lipinski definition) is 1. The lowest BCUT2D eigenvalue weighted by atomic mass is 10.1. The Morgan fingerprint density at radius 1 is 1.04 bits per heavy atom.